The Bertz CT molecular complexity index is 422. The van der Waals surface area contributed by atoms with Crippen molar-refractivity contribution in [1.29, 1.82) is 0 Å². The SMILES string of the molecule is CCNC(=O)c1ccc(NCCCCCOC)c(N)c1. The zero-order valence-corrected chi connectivity index (χ0v) is 12.4. The van der Waals surface area contributed by atoms with Crippen molar-refractivity contribution < 1.29 is 9.53 Å². The van der Waals surface area contributed by atoms with Crippen LogP contribution in [0, 0.1) is 0 Å². The van der Waals surface area contributed by atoms with Crippen molar-refractivity contribution in [3.8, 4) is 0 Å². The first-order valence-corrected chi connectivity index (χ1v) is 7.09. The van der Waals surface area contributed by atoms with E-state index in [1.807, 2.05) is 13.0 Å². The van der Waals surface area contributed by atoms with Crippen LogP contribution in [0.5, 0.6) is 0 Å². The van der Waals surface area contributed by atoms with E-state index in [2.05, 4.69) is 10.6 Å². The second-order valence-electron chi connectivity index (χ2n) is 4.64. The summed E-state index contributed by atoms with van der Waals surface area (Å²) in [5, 5.41) is 6.04. The predicted molar refractivity (Wildman–Crippen MR) is 83.1 cm³/mol. The standard InChI is InChI=1S/C15H25N3O2/c1-3-17-15(19)12-7-8-14(13(16)11-12)18-9-5-4-6-10-20-2/h7-8,11,18H,3-6,9-10,16H2,1-2H3,(H,17,19). The molecular weight excluding hydrogens is 254 g/mol. The van der Waals surface area contributed by atoms with Gasteiger partial charge >= 0.3 is 0 Å². The Hall–Kier alpha value is -1.75. The third-order valence-electron chi connectivity index (χ3n) is 2.99. The van der Waals surface area contributed by atoms with E-state index in [4.69, 9.17) is 10.5 Å². The third kappa shape index (κ3) is 5.48. The number of unbranched alkanes of at least 4 members (excludes halogenated alkanes) is 2. The summed E-state index contributed by atoms with van der Waals surface area (Å²) in [6, 6.07) is 5.35. The number of nitrogens with one attached hydrogen (secondary N) is 2. The van der Waals surface area contributed by atoms with E-state index in [-0.39, 0.29) is 5.91 Å². The second kappa shape index (κ2) is 9.20. The lowest BCUT2D eigenvalue weighted by molar-refractivity contribution is 0.0956. The molecule has 0 spiro atoms. The zero-order chi connectivity index (χ0) is 14.8. The number of nitrogens with two attached hydrogens (primary N) is 1. The van der Waals surface area contributed by atoms with Crippen molar-refractivity contribution in [1.82, 2.24) is 5.32 Å². The van der Waals surface area contributed by atoms with Crippen molar-refractivity contribution in [3.05, 3.63) is 23.8 Å². The highest BCUT2D eigenvalue weighted by Gasteiger charge is 2.06. The van der Waals surface area contributed by atoms with Gasteiger partial charge in [0.15, 0.2) is 0 Å². The second-order valence-corrected chi connectivity index (χ2v) is 4.64. The third-order valence-corrected chi connectivity index (χ3v) is 2.99. The van der Waals surface area contributed by atoms with Crippen LogP contribution in [-0.2, 0) is 4.74 Å². The van der Waals surface area contributed by atoms with Gasteiger partial charge in [-0.15, -0.1) is 0 Å². The van der Waals surface area contributed by atoms with Gasteiger partial charge in [0, 0.05) is 32.4 Å². The molecule has 1 amide bonds. The van der Waals surface area contributed by atoms with Crippen LogP contribution in [0.3, 0.4) is 0 Å². The van der Waals surface area contributed by atoms with E-state index in [0.717, 1.165) is 38.1 Å². The molecule has 5 heteroatoms. The maximum absolute atomic E-state index is 11.7. The van der Waals surface area contributed by atoms with Crippen LogP contribution in [0.15, 0.2) is 18.2 Å². The molecular formula is C15H25N3O2. The molecule has 0 aromatic heterocycles. The molecule has 1 aromatic carbocycles. The van der Waals surface area contributed by atoms with Crippen LogP contribution in [-0.4, -0.2) is 32.7 Å². The quantitative estimate of drug-likeness (QED) is 0.478. The molecule has 1 rings (SSSR count). The maximum Gasteiger partial charge on any atom is 0.251 e. The number of methoxy groups -OCH3 is 1. The van der Waals surface area contributed by atoms with Crippen molar-refractivity contribution >= 4 is 17.3 Å². The van der Waals surface area contributed by atoms with Crippen LogP contribution >= 0.6 is 0 Å². The summed E-state index contributed by atoms with van der Waals surface area (Å²) in [6.45, 7) is 4.18. The van der Waals surface area contributed by atoms with Gasteiger partial charge in [0.2, 0.25) is 0 Å². The Morgan fingerprint density at radius 2 is 2.10 bits per heavy atom. The normalized spacial score (nSPS) is 10.3. The maximum atomic E-state index is 11.7. The topological polar surface area (TPSA) is 76.4 Å². The van der Waals surface area contributed by atoms with E-state index in [9.17, 15) is 4.79 Å². The molecule has 20 heavy (non-hydrogen) atoms. The lowest BCUT2D eigenvalue weighted by Gasteiger charge is -2.11. The number of hydrogen-bond donors (Lipinski definition) is 3. The zero-order valence-electron chi connectivity index (χ0n) is 12.4. The number of carbonyl (C=O) groups excluding carboxylic acids is 1. The van der Waals surface area contributed by atoms with E-state index in [1.165, 1.54) is 0 Å². The average Bonchev–Trinajstić information content (AvgIpc) is 2.44. The minimum absolute atomic E-state index is 0.0923. The molecule has 0 fully saturated rings. The van der Waals surface area contributed by atoms with Crippen molar-refractivity contribution in [2.45, 2.75) is 26.2 Å². The fourth-order valence-electron chi connectivity index (χ4n) is 1.90. The number of carbonyl (C=O) groups is 1. The molecule has 5 nitrogen and oxygen atoms in total. The summed E-state index contributed by atoms with van der Waals surface area (Å²) in [5.41, 5.74) is 8.03. The first-order valence-electron chi connectivity index (χ1n) is 7.09. The molecule has 0 radical (unpaired) electrons. The Morgan fingerprint density at radius 1 is 1.30 bits per heavy atom. The Kier molecular flexibility index (Phi) is 7.50. The van der Waals surface area contributed by atoms with Gasteiger partial charge < -0.3 is 21.1 Å². The van der Waals surface area contributed by atoms with Crippen LogP contribution in [0.2, 0.25) is 0 Å². The van der Waals surface area contributed by atoms with Crippen LogP contribution in [0.1, 0.15) is 36.5 Å². The number of ether oxygens (including phenoxy) is 1. The Balaban J connectivity index is 2.42. The molecule has 0 aliphatic rings. The minimum Gasteiger partial charge on any atom is -0.397 e. The molecule has 0 bridgehead atoms. The van der Waals surface area contributed by atoms with Gasteiger partial charge in [0.1, 0.15) is 0 Å². The highest BCUT2D eigenvalue weighted by atomic mass is 16.5. The van der Waals surface area contributed by atoms with Gasteiger partial charge in [-0.1, -0.05) is 0 Å². The minimum atomic E-state index is -0.0923. The molecule has 0 unspecified atom stereocenters. The summed E-state index contributed by atoms with van der Waals surface area (Å²) in [7, 11) is 1.72. The molecule has 0 aliphatic heterocycles. The molecule has 0 saturated heterocycles. The summed E-state index contributed by atoms with van der Waals surface area (Å²) in [4.78, 5) is 11.7. The smallest absolute Gasteiger partial charge is 0.251 e. The summed E-state index contributed by atoms with van der Waals surface area (Å²) in [5.74, 6) is -0.0923. The number of anilines is 2. The van der Waals surface area contributed by atoms with Crippen LogP contribution in [0.25, 0.3) is 0 Å². The largest absolute Gasteiger partial charge is 0.397 e. The Morgan fingerprint density at radius 3 is 2.75 bits per heavy atom. The fourth-order valence-corrected chi connectivity index (χ4v) is 1.90. The summed E-state index contributed by atoms with van der Waals surface area (Å²) in [6.07, 6.45) is 3.27. The monoisotopic (exact) mass is 279 g/mol. The van der Waals surface area contributed by atoms with Gasteiger partial charge in [0.25, 0.3) is 5.91 Å². The molecule has 1 aromatic rings. The average molecular weight is 279 g/mol. The highest BCUT2D eigenvalue weighted by molar-refractivity contribution is 5.96. The molecule has 0 heterocycles. The van der Waals surface area contributed by atoms with Crippen LogP contribution < -0.4 is 16.4 Å². The number of hydrogen-bond acceptors (Lipinski definition) is 4. The number of rotatable bonds is 9. The van der Waals surface area contributed by atoms with Crippen molar-refractivity contribution in [2.24, 2.45) is 0 Å². The van der Waals surface area contributed by atoms with Gasteiger partial charge in [-0.2, -0.15) is 0 Å². The predicted octanol–water partition coefficient (Wildman–Crippen LogP) is 2.25. The molecule has 112 valence electrons. The summed E-state index contributed by atoms with van der Waals surface area (Å²) >= 11 is 0. The number of benzene rings is 1. The van der Waals surface area contributed by atoms with E-state index in [1.54, 1.807) is 19.2 Å². The van der Waals surface area contributed by atoms with Crippen LogP contribution in [0.4, 0.5) is 11.4 Å². The number of nitrogen functional groups attached to an aromatic ring is 1. The molecule has 0 saturated carbocycles. The van der Waals surface area contributed by atoms with Gasteiger partial charge in [0.05, 0.1) is 11.4 Å². The van der Waals surface area contributed by atoms with Crippen molar-refractivity contribution in [3.63, 3.8) is 0 Å². The lowest BCUT2D eigenvalue weighted by Crippen LogP contribution is -2.22. The van der Waals surface area contributed by atoms with Gasteiger partial charge in [-0.3, -0.25) is 4.79 Å². The Labute approximate surface area is 120 Å². The molecule has 0 atom stereocenters. The molecule has 4 N–H and O–H groups in total. The summed E-state index contributed by atoms with van der Waals surface area (Å²) < 4.78 is 5.00. The van der Waals surface area contributed by atoms with Crippen molar-refractivity contribution in [2.75, 3.05) is 37.9 Å². The first-order chi connectivity index (χ1) is 9.69. The van der Waals surface area contributed by atoms with Gasteiger partial charge in [-0.25, -0.2) is 0 Å². The van der Waals surface area contributed by atoms with E-state index >= 15 is 0 Å². The lowest BCUT2D eigenvalue weighted by atomic mass is 10.1. The van der Waals surface area contributed by atoms with Gasteiger partial charge in [-0.05, 0) is 44.4 Å². The number of amides is 1. The molecule has 0 aliphatic carbocycles. The first kappa shape index (κ1) is 16.3. The fraction of sp³-hybridized carbons (Fsp3) is 0.533. The highest BCUT2D eigenvalue weighted by Crippen LogP contribution is 2.20. The van der Waals surface area contributed by atoms with E-state index in [0.29, 0.717) is 17.8 Å². The van der Waals surface area contributed by atoms with E-state index < -0.39 is 0 Å².